The number of aliphatic imine (C=N–C) groups is 1. The molecule has 0 unspecified atom stereocenters. The first-order valence-corrected chi connectivity index (χ1v) is 9.52. The first kappa shape index (κ1) is 18.7. The van der Waals surface area contributed by atoms with E-state index in [1.165, 1.54) is 10.6 Å². The van der Waals surface area contributed by atoms with Gasteiger partial charge in [0.2, 0.25) is 0 Å². The first-order chi connectivity index (χ1) is 14.0. The molecule has 1 amide bonds. The Labute approximate surface area is 169 Å². The van der Waals surface area contributed by atoms with Crippen LogP contribution in [0, 0.1) is 5.41 Å². The van der Waals surface area contributed by atoms with Gasteiger partial charge in [0.1, 0.15) is 18.1 Å². The minimum absolute atomic E-state index is 0.0203. The second-order valence-corrected chi connectivity index (χ2v) is 6.79. The van der Waals surface area contributed by atoms with Gasteiger partial charge in [-0.3, -0.25) is 10.2 Å². The summed E-state index contributed by atoms with van der Waals surface area (Å²) in [6, 6.07) is 11.9. The van der Waals surface area contributed by atoms with Crippen LogP contribution in [0.4, 0.5) is 0 Å². The number of hydrogen-bond donors (Lipinski definition) is 1. The Kier molecular flexibility index (Phi) is 5.03. The lowest BCUT2D eigenvalue weighted by Crippen LogP contribution is -2.38. The molecule has 3 heterocycles. The van der Waals surface area contributed by atoms with Gasteiger partial charge in [0.25, 0.3) is 5.91 Å². The summed E-state index contributed by atoms with van der Waals surface area (Å²) < 4.78 is 7.80. The lowest BCUT2D eigenvalue weighted by atomic mass is 10.1. The summed E-state index contributed by atoms with van der Waals surface area (Å²) in [7, 11) is 0. The minimum atomic E-state index is -0.448. The maximum Gasteiger partial charge on any atom is 0.283 e. The van der Waals surface area contributed by atoms with E-state index < -0.39 is 5.91 Å². The van der Waals surface area contributed by atoms with Crippen LogP contribution in [-0.2, 0) is 22.6 Å². The average molecular weight is 390 g/mol. The molecule has 0 fully saturated rings. The van der Waals surface area contributed by atoms with Gasteiger partial charge in [0.15, 0.2) is 11.7 Å². The molecule has 0 saturated carbocycles. The van der Waals surface area contributed by atoms with Crippen LogP contribution in [0.2, 0.25) is 0 Å². The fraction of sp³-hybridized carbons (Fsp3) is 0.227. The Bertz CT molecular complexity index is 1040. The summed E-state index contributed by atoms with van der Waals surface area (Å²) in [6.45, 7) is 4.97. The van der Waals surface area contributed by atoms with Crippen LogP contribution >= 0.6 is 0 Å². The van der Waals surface area contributed by atoms with Crippen molar-refractivity contribution in [1.29, 1.82) is 5.41 Å². The zero-order valence-electron chi connectivity index (χ0n) is 16.4. The molecule has 0 aliphatic carbocycles. The standard InChI is InChI=1S/C22H22N4O3/c1-3-16-6-8-18(9-7-16)28-12-11-25-10-4-5-17(25)14-19-21(23)26-20(24-22(19)27)13-15(2)29-26/h4-10,13-14,23H,3,11-12H2,1-2H3/b19-14-,23-21?. The number of nitrogens with zero attached hydrogens (tertiary/aromatic N) is 3. The summed E-state index contributed by atoms with van der Waals surface area (Å²) in [5.41, 5.74) is 2.26. The quantitative estimate of drug-likeness (QED) is 0.765. The van der Waals surface area contributed by atoms with Crippen molar-refractivity contribution in [2.24, 2.45) is 4.99 Å². The molecule has 7 nitrogen and oxygen atoms in total. The van der Waals surface area contributed by atoms with Crippen molar-refractivity contribution in [2.75, 3.05) is 6.61 Å². The number of ether oxygens (including phenoxy) is 1. The number of rotatable bonds is 6. The zero-order valence-corrected chi connectivity index (χ0v) is 16.4. The molecule has 2 aliphatic rings. The molecule has 1 aromatic carbocycles. The molecule has 0 radical (unpaired) electrons. The van der Waals surface area contributed by atoms with Crippen LogP contribution < -0.4 is 4.74 Å². The predicted octanol–water partition coefficient (Wildman–Crippen LogP) is 3.58. The summed E-state index contributed by atoms with van der Waals surface area (Å²) >= 11 is 0. The van der Waals surface area contributed by atoms with Crippen molar-refractivity contribution >= 4 is 23.7 Å². The van der Waals surface area contributed by atoms with Gasteiger partial charge < -0.3 is 14.1 Å². The third-order valence-corrected chi connectivity index (χ3v) is 4.77. The lowest BCUT2D eigenvalue weighted by Gasteiger charge is -2.23. The van der Waals surface area contributed by atoms with Gasteiger partial charge in [-0.25, -0.2) is 0 Å². The van der Waals surface area contributed by atoms with Gasteiger partial charge >= 0.3 is 0 Å². The van der Waals surface area contributed by atoms with Crippen molar-refractivity contribution in [3.8, 4) is 5.75 Å². The molecule has 2 aromatic rings. The van der Waals surface area contributed by atoms with E-state index in [1.54, 1.807) is 19.1 Å². The predicted molar refractivity (Wildman–Crippen MR) is 111 cm³/mol. The first-order valence-electron chi connectivity index (χ1n) is 9.52. The number of fused-ring (bicyclic) bond motifs is 1. The average Bonchev–Trinajstić information content (AvgIpc) is 3.31. The number of aryl methyl sites for hydroxylation is 1. The normalized spacial score (nSPS) is 17.2. The monoisotopic (exact) mass is 390 g/mol. The Hall–Kier alpha value is -3.61. The molecule has 148 valence electrons. The summed E-state index contributed by atoms with van der Waals surface area (Å²) in [5, 5.41) is 9.58. The van der Waals surface area contributed by atoms with E-state index in [9.17, 15) is 4.79 Å². The highest BCUT2D eigenvalue weighted by molar-refractivity contribution is 6.32. The van der Waals surface area contributed by atoms with E-state index in [0.717, 1.165) is 17.9 Å². The molecule has 0 bridgehead atoms. The third kappa shape index (κ3) is 3.85. The number of carbonyl (C=O) groups excluding carboxylic acids is 1. The summed E-state index contributed by atoms with van der Waals surface area (Å²) in [6.07, 6.45) is 6.22. The number of amides is 1. The summed E-state index contributed by atoms with van der Waals surface area (Å²) in [4.78, 5) is 21.9. The minimum Gasteiger partial charge on any atom is -0.492 e. The van der Waals surface area contributed by atoms with Crippen LogP contribution in [0.5, 0.6) is 5.75 Å². The van der Waals surface area contributed by atoms with Crippen LogP contribution in [0.25, 0.3) is 6.08 Å². The molecule has 0 atom stereocenters. The van der Waals surface area contributed by atoms with Gasteiger partial charge in [-0.1, -0.05) is 19.1 Å². The summed E-state index contributed by atoms with van der Waals surface area (Å²) in [5.74, 6) is 1.29. The molecular formula is C22H22N4O3. The van der Waals surface area contributed by atoms with Gasteiger partial charge in [-0.15, -0.1) is 5.06 Å². The molecule has 29 heavy (non-hydrogen) atoms. The van der Waals surface area contributed by atoms with Crippen molar-refractivity contribution in [3.63, 3.8) is 0 Å². The maximum absolute atomic E-state index is 12.4. The van der Waals surface area contributed by atoms with Crippen molar-refractivity contribution in [1.82, 2.24) is 9.63 Å². The van der Waals surface area contributed by atoms with Crippen LogP contribution in [-0.4, -0.2) is 33.8 Å². The highest BCUT2D eigenvalue weighted by Gasteiger charge is 2.34. The van der Waals surface area contributed by atoms with Crippen molar-refractivity contribution in [2.45, 2.75) is 26.8 Å². The van der Waals surface area contributed by atoms with Gasteiger partial charge in [-0.05, 0) is 49.2 Å². The number of aromatic nitrogens is 1. The van der Waals surface area contributed by atoms with E-state index in [4.69, 9.17) is 15.0 Å². The zero-order chi connectivity index (χ0) is 20.4. The van der Waals surface area contributed by atoms with E-state index in [0.29, 0.717) is 24.7 Å². The number of amidine groups is 2. The van der Waals surface area contributed by atoms with Gasteiger partial charge in [0.05, 0.1) is 12.1 Å². The third-order valence-electron chi connectivity index (χ3n) is 4.77. The fourth-order valence-electron chi connectivity index (χ4n) is 3.19. The number of carbonyl (C=O) groups is 1. The second-order valence-electron chi connectivity index (χ2n) is 6.79. The number of allylic oxidation sites excluding steroid dienone is 1. The second kappa shape index (κ2) is 7.79. The molecule has 4 rings (SSSR count). The van der Waals surface area contributed by atoms with Gasteiger partial charge in [-0.2, -0.15) is 4.99 Å². The Morgan fingerprint density at radius 2 is 2.03 bits per heavy atom. The highest BCUT2D eigenvalue weighted by atomic mass is 16.7. The Balaban J connectivity index is 1.45. The molecule has 0 spiro atoms. The molecule has 1 aromatic heterocycles. The number of hydrogen-bond acceptors (Lipinski definition) is 4. The van der Waals surface area contributed by atoms with E-state index in [2.05, 4.69) is 24.0 Å². The molecular weight excluding hydrogens is 368 g/mol. The molecule has 1 N–H and O–H groups in total. The van der Waals surface area contributed by atoms with Crippen molar-refractivity contribution in [3.05, 3.63) is 71.3 Å². The smallest absolute Gasteiger partial charge is 0.283 e. The number of hydroxylamine groups is 2. The Morgan fingerprint density at radius 3 is 2.79 bits per heavy atom. The maximum atomic E-state index is 12.4. The number of nitrogens with one attached hydrogen (secondary N) is 1. The van der Waals surface area contributed by atoms with Gasteiger partial charge in [0, 0.05) is 18.0 Å². The SMILES string of the molecule is CCc1ccc(OCCn2cccc2/C=C2/C(=N)N3OC(C)=CC3=NC2=O)cc1. The van der Waals surface area contributed by atoms with Crippen molar-refractivity contribution < 1.29 is 14.4 Å². The van der Waals surface area contributed by atoms with Crippen LogP contribution in [0.15, 0.2) is 65.0 Å². The molecule has 0 saturated heterocycles. The molecule has 2 aliphatic heterocycles. The van der Waals surface area contributed by atoms with Crippen LogP contribution in [0.3, 0.4) is 0 Å². The van der Waals surface area contributed by atoms with E-state index in [1.807, 2.05) is 35.0 Å². The highest BCUT2D eigenvalue weighted by Crippen LogP contribution is 2.23. The lowest BCUT2D eigenvalue weighted by molar-refractivity contribution is -0.114. The van der Waals surface area contributed by atoms with E-state index in [-0.39, 0.29) is 11.4 Å². The largest absolute Gasteiger partial charge is 0.492 e. The topological polar surface area (TPSA) is 79.9 Å². The number of benzene rings is 1. The van der Waals surface area contributed by atoms with Crippen LogP contribution in [0.1, 0.15) is 25.1 Å². The van der Waals surface area contributed by atoms with E-state index >= 15 is 0 Å². The molecule has 7 heteroatoms. The fourth-order valence-corrected chi connectivity index (χ4v) is 3.19. The Morgan fingerprint density at radius 1 is 1.24 bits per heavy atom.